The van der Waals surface area contributed by atoms with E-state index in [9.17, 15) is 27.7 Å². The van der Waals surface area contributed by atoms with Crippen LogP contribution >= 0.6 is 0 Å². The number of carbonyl (C=O) groups excluding carboxylic acids is 1. The standard InChI is InChI=1S/C40H41FN6O5S/c41-18-24-52-34-12-14-35(15-13-34)53(50,51)47-36-16-11-31(26-42)25-37(36)46(40(47)49)38(33-9-5-2-6-10-33)39(48)45-19-17-32(29-45)28-44-22-20-43(21-23-44)27-30-7-3-1-4-8-30/h1-16,25,32,38H,17-24,27-29H2. The van der Waals surface area contributed by atoms with Gasteiger partial charge in [0.2, 0.25) is 5.91 Å². The van der Waals surface area contributed by atoms with E-state index >= 15 is 0 Å². The van der Waals surface area contributed by atoms with Gasteiger partial charge in [0.05, 0.1) is 27.6 Å². The van der Waals surface area contributed by atoms with Gasteiger partial charge in [0.1, 0.15) is 25.1 Å². The van der Waals surface area contributed by atoms with Gasteiger partial charge in [-0.05, 0) is 65.9 Å². The topological polar surface area (TPSA) is 121 Å². The predicted octanol–water partition coefficient (Wildman–Crippen LogP) is 4.52. The van der Waals surface area contributed by atoms with Gasteiger partial charge in [0.25, 0.3) is 10.0 Å². The van der Waals surface area contributed by atoms with Gasteiger partial charge >= 0.3 is 5.69 Å². The number of alkyl halides is 1. The Labute approximate surface area is 308 Å². The summed E-state index contributed by atoms with van der Waals surface area (Å²) in [5, 5.41) is 9.79. The third-order valence-electron chi connectivity index (χ3n) is 10.1. The minimum Gasteiger partial charge on any atom is -0.491 e. The van der Waals surface area contributed by atoms with E-state index < -0.39 is 28.4 Å². The maximum atomic E-state index is 14.7. The molecule has 2 fully saturated rings. The number of imidazole rings is 1. The molecule has 0 radical (unpaired) electrons. The van der Waals surface area contributed by atoms with E-state index in [1.807, 2.05) is 12.1 Å². The van der Waals surface area contributed by atoms with E-state index in [2.05, 4.69) is 40.1 Å². The Morgan fingerprint density at radius 3 is 2.23 bits per heavy atom. The van der Waals surface area contributed by atoms with Crippen LogP contribution in [0.5, 0.6) is 5.75 Å². The lowest BCUT2D eigenvalue weighted by Crippen LogP contribution is -2.47. The van der Waals surface area contributed by atoms with Crippen LogP contribution in [0.15, 0.2) is 113 Å². The van der Waals surface area contributed by atoms with Crippen molar-refractivity contribution in [2.24, 2.45) is 5.92 Å². The third-order valence-corrected chi connectivity index (χ3v) is 11.8. The minimum atomic E-state index is -4.50. The number of likely N-dealkylation sites (tertiary alicyclic amines) is 1. The number of rotatable bonds is 12. The van der Waals surface area contributed by atoms with Crippen LogP contribution in [0.25, 0.3) is 11.0 Å². The second kappa shape index (κ2) is 15.8. The molecule has 0 spiro atoms. The summed E-state index contributed by atoms with van der Waals surface area (Å²) in [5.41, 5.74) is 1.28. The molecule has 1 amide bonds. The number of fused-ring (bicyclic) bond motifs is 1. The highest BCUT2D eigenvalue weighted by Crippen LogP contribution is 2.30. The van der Waals surface area contributed by atoms with Crippen molar-refractivity contribution in [3.63, 3.8) is 0 Å². The number of aromatic nitrogens is 2. The molecule has 2 unspecified atom stereocenters. The highest BCUT2D eigenvalue weighted by Gasteiger charge is 2.37. The van der Waals surface area contributed by atoms with Crippen LogP contribution in [0.3, 0.4) is 0 Å². The van der Waals surface area contributed by atoms with Crippen LogP contribution in [-0.2, 0) is 21.4 Å². The molecule has 274 valence electrons. The second-order valence-electron chi connectivity index (χ2n) is 13.6. The van der Waals surface area contributed by atoms with E-state index in [4.69, 9.17) is 4.74 Å². The lowest BCUT2D eigenvalue weighted by Gasteiger charge is -2.36. The fraction of sp³-hybridized carbons (Fsp3) is 0.325. The average molecular weight is 737 g/mol. The molecule has 2 aliphatic heterocycles. The normalized spacial score (nSPS) is 17.5. The van der Waals surface area contributed by atoms with Gasteiger partial charge in [0, 0.05) is 52.4 Å². The molecule has 2 atom stereocenters. The highest BCUT2D eigenvalue weighted by molar-refractivity contribution is 7.90. The monoisotopic (exact) mass is 736 g/mol. The van der Waals surface area contributed by atoms with Gasteiger partial charge in [-0.25, -0.2) is 17.6 Å². The summed E-state index contributed by atoms with van der Waals surface area (Å²) in [4.78, 5) is 35.7. The van der Waals surface area contributed by atoms with Crippen molar-refractivity contribution in [2.75, 3.05) is 59.1 Å². The minimum absolute atomic E-state index is 0.0335. The molecule has 2 aliphatic rings. The van der Waals surface area contributed by atoms with E-state index in [0.717, 1.165) is 45.7 Å². The Hall–Kier alpha value is -5.29. The van der Waals surface area contributed by atoms with Crippen molar-refractivity contribution in [3.05, 3.63) is 130 Å². The van der Waals surface area contributed by atoms with Gasteiger partial charge in [-0.3, -0.25) is 14.3 Å². The zero-order chi connectivity index (χ0) is 37.0. The van der Waals surface area contributed by atoms with Crippen LogP contribution < -0.4 is 10.4 Å². The molecule has 13 heteroatoms. The number of hydrogen-bond acceptors (Lipinski definition) is 8. The number of hydrogen-bond donors (Lipinski definition) is 0. The SMILES string of the molecule is N#Cc1ccc2c(c1)n(C(C(=O)N1CCC(CN3CCN(Cc4ccccc4)CC3)C1)c1ccccc1)c(=O)n2S(=O)(=O)c1ccc(OCCF)cc1. The second-order valence-corrected chi connectivity index (χ2v) is 15.3. The van der Waals surface area contributed by atoms with Crippen molar-refractivity contribution in [2.45, 2.75) is 23.9 Å². The molecular formula is C40H41FN6O5S. The largest absolute Gasteiger partial charge is 0.491 e. The van der Waals surface area contributed by atoms with Crippen LogP contribution in [0.4, 0.5) is 4.39 Å². The van der Waals surface area contributed by atoms with Crippen LogP contribution in [0.1, 0.15) is 29.2 Å². The molecule has 1 aromatic heterocycles. The maximum absolute atomic E-state index is 14.7. The number of nitriles is 1. The Morgan fingerprint density at radius 1 is 0.868 bits per heavy atom. The number of halogens is 1. The smallest absolute Gasteiger partial charge is 0.344 e. The van der Waals surface area contributed by atoms with E-state index in [1.165, 1.54) is 52.6 Å². The molecule has 0 bridgehead atoms. The molecule has 0 aliphatic carbocycles. The Kier molecular flexibility index (Phi) is 10.7. The number of benzene rings is 4. The van der Waals surface area contributed by atoms with Crippen LogP contribution in [0.2, 0.25) is 0 Å². The van der Waals surface area contributed by atoms with Gasteiger partial charge in [-0.1, -0.05) is 60.7 Å². The number of piperazine rings is 1. The first-order valence-electron chi connectivity index (χ1n) is 17.8. The summed E-state index contributed by atoms with van der Waals surface area (Å²) in [6, 6.07) is 29.9. The first-order chi connectivity index (χ1) is 25.8. The lowest BCUT2D eigenvalue weighted by molar-refractivity contribution is -0.132. The Balaban J connectivity index is 1.17. The van der Waals surface area contributed by atoms with Gasteiger partial charge < -0.3 is 14.5 Å². The molecule has 3 heterocycles. The third kappa shape index (κ3) is 7.62. The molecule has 2 saturated heterocycles. The first-order valence-corrected chi connectivity index (χ1v) is 19.2. The summed E-state index contributed by atoms with van der Waals surface area (Å²) >= 11 is 0. The Morgan fingerprint density at radius 2 is 1.55 bits per heavy atom. The summed E-state index contributed by atoms with van der Waals surface area (Å²) in [6.45, 7) is 5.76. The number of carbonyl (C=O) groups is 1. The zero-order valence-corrected chi connectivity index (χ0v) is 30.1. The van der Waals surface area contributed by atoms with Crippen molar-refractivity contribution >= 4 is 27.0 Å². The zero-order valence-electron chi connectivity index (χ0n) is 29.3. The first kappa shape index (κ1) is 36.1. The quantitative estimate of drug-likeness (QED) is 0.184. The number of nitrogens with zero attached hydrogens (tertiary/aromatic N) is 6. The summed E-state index contributed by atoms with van der Waals surface area (Å²) in [5.74, 6) is 0.206. The van der Waals surface area contributed by atoms with Gasteiger partial charge in [-0.15, -0.1) is 0 Å². The average Bonchev–Trinajstić information content (AvgIpc) is 3.77. The van der Waals surface area contributed by atoms with E-state index in [1.54, 1.807) is 29.2 Å². The summed E-state index contributed by atoms with van der Waals surface area (Å²) < 4.78 is 48.1. The Bertz CT molecular complexity index is 2260. The molecule has 11 nitrogen and oxygen atoms in total. The molecule has 7 rings (SSSR count). The molecule has 4 aromatic carbocycles. The lowest BCUT2D eigenvalue weighted by atomic mass is 10.0. The molecular weight excluding hydrogens is 696 g/mol. The van der Waals surface area contributed by atoms with Gasteiger partial charge in [-0.2, -0.15) is 9.23 Å². The van der Waals surface area contributed by atoms with Crippen LogP contribution in [0, 0.1) is 17.2 Å². The fourth-order valence-corrected chi connectivity index (χ4v) is 8.84. The maximum Gasteiger partial charge on any atom is 0.344 e. The fourth-order valence-electron chi connectivity index (χ4n) is 7.44. The molecule has 5 aromatic rings. The summed E-state index contributed by atoms with van der Waals surface area (Å²) in [6.07, 6.45) is 0.812. The number of amides is 1. The van der Waals surface area contributed by atoms with Gasteiger partial charge in [0.15, 0.2) is 0 Å². The van der Waals surface area contributed by atoms with E-state index in [0.29, 0.717) is 22.6 Å². The van der Waals surface area contributed by atoms with E-state index in [-0.39, 0.29) is 45.7 Å². The van der Waals surface area contributed by atoms with Crippen LogP contribution in [-0.4, -0.2) is 96.7 Å². The van der Waals surface area contributed by atoms with Crippen molar-refractivity contribution in [3.8, 4) is 11.8 Å². The number of ether oxygens (including phenoxy) is 1. The molecule has 53 heavy (non-hydrogen) atoms. The van der Waals surface area contributed by atoms with Crippen molar-refractivity contribution in [1.29, 1.82) is 5.26 Å². The molecule has 0 saturated carbocycles. The van der Waals surface area contributed by atoms with Crippen molar-refractivity contribution in [1.82, 2.24) is 23.2 Å². The summed E-state index contributed by atoms with van der Waals surface area (Å²) in [7, 11) is -4.50. The highest BCUT2D eigenvalue weighted by atomic mass is 32.2. The van der Waals surface area contributed by atoms with Crippen molar-refractivity contribution < 1.29 is 22.3 Å². The predicted molar refractivity (Wildman–Crippen MR) is 199 cm³/mol. The molecule has 0 N–H and O–H groups in total.